The molecular formula is C4H6FO. The monoisotopic (exact) mass is 89.0 g/mol. The van der Waals surface area contributed by atoms with E-state index in [9.17, 15) is 0 Å². The Morgan fingerprint density at radius 3 is 2.00 bits per heavy atom. The average molecular weight is 89.1 g/mol. The SMILES string of the molecule is C=COC.[C]F. The zero-order chi connectivity index (χ0) is 5.41. The molecule has 0 unspecified atom stereocenters. The van der Waals surface area contributed by atoms with Gasteiger partial charge in [-0.15, -0.1) is 0 Å². The van der Waals surface area contributed by atoms with Crippen molar-refractivity contribution in [2.75, 3.05) is 7.11 Å². The molecule has 3 radical (unpaired) electrons. The van der Waals surface area contributed by atoms with E-state index >= 15 is 0 Å². The summed E-state index contributed by atoms with van der Waals surface area (Å²) in [4.78, 5) is 0. The highest BCUT2D eigenvalue weighted by atomic mass is 19.1. The molecule has 0 saturated heterocycles. The van der Waals surface area contributed by atoms with Crippen molar-refractivity contribution in [2.24, 2.45) is 0 Å². The van der Waals surface area contributed by atoms with Gasteiger partial charge in [0.05, 0.1) is 13.4 Å². The van der Waals surface area contributed by atoms with Crippen molar-refractivity contribution in [3.63, 3.8) is 0 Å². The summed E-state index contributed by atoms with van der Waals surface area (Å²) in [5, 5.41) is 0. The van der Waals surface area contributed by atoms with E-state index in [0.717, 1.165) is 0 Å². The maximum atomic E-state index is 8.75. The molecule has 2 heteroatoms. The minimum absolute atomic E-state index is 1.38. The molecule has 0 bridgehead atoms. The van der Waals surface area contributed by atoms with Crippen LogP contribution in [0.15, 0.2) is 12.8 Å². The minimum Gasteiger partial charge on any atom is -0.505 e. The number of methoxy groups -OCH3 is 1. The van der Waals surface area contributed by atoms with Crippen LogP contribution in [0.25, 0.3) is 0 Å². The molecule has 0 saturated carbocycles. The van der Waals surface area contributed by atoms with Crippen LogP contribution in [0, 0.1) is 7.18 Å². The fourth-order valence-electron chi connectivity index (χ4n) is 0. The van der Waals surface area contributed by atoms with Gasteiger partial charge < -0.3 is 4.74 Å². The van der Waals surface area contributed by atoms with E-state index in [0.29, 0.717) is 0 Å². The van der Waals surface area contributed by atoms with Crippen LogP contribution >= 0.6 is 0 Å². The highest BCUT2D eigenvalue weighted by Crippen LogP contribution is 1.52. The van der Waals surface area contributed by atoms with E-state index in [1.807, 2.05) is 0 Å². The average Bonchev–Trinajstić information content (AvgIpc) is 1.72. The summed E-state index contributed by atoms with van der Waals surface area (Å²) in [5.41, 5.74) is 0. The van der Waals surface area contributed by atoms with E-state index in [4.69, 9.17) is 4.39 Å². The molecule has 0 aromatic heterocycles. The van der Waals surface area contributed by atoms with Gasteiger partial charge in [0.25, 0.3) is 0 Å². The first-order valence-corrected chi connectivity index (χ1v) is 1.24. The first-order valence-electron chi connectivity index (χ1n) is 1.24. The highest BCUT2D eigenvalue weighted by Gasteiger charge is 1.36. The number of ether oxygens (including phenoxy) is 1. The van der Waals surface area contributed by atoms with Crippen molar-refractivity contribution in [1.82, 2.24) is 0 Å². The van der Waals surface area contributed by atoms with Gasteiger partial charge in [-0.1, -0.05) is 6.58 Å². The van der Waals surface area contributed by atoms with Crippen LogP contribution in [0.1, 0.15) is 0 Å². The summed E-state index contributed by atoms with van der Waals surface area (Å²) in [6, 6.07) is 0. The number of hydrogen-bond acceptors (Lipinski definition) is 1. The van der Waals surface area contributed by atoms with Gasteiger partial charge in [0.15, 0.2) is 0 Å². The van der Waals surface area contributed by atoms with Crippen LogP contribution in [0.5, 0.6) is 0 Å². The van der Waals surface area contributed by atoms with E-state index < -0.39 is 0 Å². The molecule has 6 heavy (non-hydrogen) atoms. The Morgan fingerprint density at radius 1 is 1.83 bits per heavy atom. The maximum Gasteiger partial charge on any atom is 0.232 e. The molecule has 0 atom stereocenters. The quantitative estimate of drug-likeness (QED) is 0.440. The molecular weight excluding hydrogens is 83.0 g/mol. The van der Waals surface area contributed by atoms with Crippen LogP contribution in [0.4, 0.5) is 4.39 Å². The molecule has 0 aliphatic heterocycles. The van der Waals surface area contributed by atoms with E-state index in [2.05, 4.69) is 18.5 Å². The second-order valence-electron chi connectivity index (χ2n) is 0.402. The standard InChI is InChI=1S/C3H6O.CF/c1-3-4-2;1-2/h3H,1H2,2H3;. The zero-order valence-electron chi connectivity index (χ0n) is 3.57. The largest absolute Gasteiger partial charge is 0.505 e. The second-order valence-corrected chi connectivity index (χ2v) is 0.402. The Labute approximate surface area is 37.4 Å². The Kier molecular flexibility index (Phi) is 37.7. The number of halogens is 1. The lowest BCUT2D eigenvalue weighted by molar-refractivity contribution is 0.339. The van der Waals surface area contributed by atoms with Crippen molar-refractivity contribution >= 4 is 0 Å². The molecule has 0 aromatic carbocycles. The molecule has 35 valence electrons. The van der Waals surface area contributed by atoms with Crippen molar-refractivity contribution in [3.8, 4) is 0 Å². The summed E-state index contributed by atoms with van der Waals surface area (Å²) in [5.74, 6) is 0. The molecule has 0 spiro atoms. The molecule has 0 aromatic rings. The van der Waals surface area contributed by atoms with E-state index in [1.165, 1.54) is 6.26 Å². The fourth-order valence-corrected chi connectivity index (χ4v) is 0. The van der Waals surface area contributed by atoms with Gasteiger partial charge in [0.2, 0.25) is 7.18 Å². The van der Waals surface area contributed by atoms with Crippen molar-refractivity contribution < 1.29 is 9.13 Å². The Hall–Kier alpha value is -0.530. The number of rotatable bonds is 1. The Morgan fingerprint density at radius 2 is 2.00 bits per heavy atom. The first kappa shape index (κ1) is 9.08. The van der Waals surface area contributed by atoms with Crippen LogP contribution in [0.2, 0.25) is 0 Å². The summed E-state index contributed by atoms with van der Waals surface area (Å²) in [7, 11) is 5.81. The number of hydrogen-bond donors (Lipinski definition) is 0. The van der Waals surface area contributed by atoms with Gasteiger partial charge in [-0.2, -0.15) is 0 Å². The van der Waals surface area contributed by atoms with Crippen molar-refractivity contribution in [2.45, 2.75) is 0 Å². The van der Waals surface area contributed by atoms with Crippen LogP contribution < -0.4 is 0 Å². The summed E-state index contributed by atoms with van der Waals surface area (Å²) < 4.78 is 13.1. The Bertz CT molecular complexity index is 21.5. The van der Waals surface area contributed by atoms with E-state index in [-0.39, 0.29) is 0 Å². The fraction of sp³-hybridized carbons (Fsp3) is 0.250. The lowest BCUT2D eigenvalue weighted by Crippen LogP contribution is -1.54. The smallest absolute Gasteiger partial charge is 0.232 e. The summed E-state index contributed by atoms with van der Waals surface area (Å²) >= 11 is 0. The van der Waals surface area contributed by atoms with Gasteiger partial charge in [-0.25, -0.2) is 4.39 Å². The van der Waals surface area contributed by atoms with Gasteiger partial charge in [0.1, 0.15) is 0 Å². The predicted octanol–water partition coefficient (Wildman–Crippen LogP) is 1.28. The molecule has 0 N–H and O–H groups in total. The minimum atomic E-state index is 1.38. The van der Waals surface area contributed by atoms with Crippen LogP contribution in [-0.4, -0.2) is 7.11 Å². The van der Waals surface area contributed by atoms with Crippen molar-refractivity contribution in [1.29, 1.82) is 0 Å². The molecule has 0 aliphatic carbocycles. The Balaban J connectivity index is 0. The molecule has 0 rings (SSSR count). The van der Waals surface area contributed by atoms with Crippen LogP contribution in [-0.2, 0) is 4.74 Å². The third-order valence-corrected chi connectivity index (χ3v) is 0.167. The lowest BCUT2D eigenvalue weighted by atomic mass is 11.2. The lowest BCUT2D eigenvalue weighted by Gasteiger charge is -1.73. The molecule has 1 nitrogen and oxygen atoms in total. The maximum absolute atomic E-state index is 8.75. The zero-order valence-corrected chi connectivity index (χ0v) is 3.57. The van der Waals surface area contributed by atoms with Gasteiger partial charge >= 0.3 is 0 Å². The normalized spacial score (nSPS) is 4.50. The highest BCUT2D eigenvalue weighted by molar-refractivity contribution is 4.43. The third kappa shape index (κ3) is 95.8. The molecule has 0 aliphatic rings. The summed E-state index contributed by atoms with van der Waals surface area (Å²) in [6.45, 7) is 3.26. The predicted molar refractivity (Wildman–Crippen MR) is 21.6 cm³/mol. The third-order valence-electron chi connectivity index (χ3n) is 0.167. The topological polar surface area (TPSA) is 9.23 Å². The van der Waals surface area contributed by atoms with Gasteiger partial charge in [-0.3, -0.25) is 0 Å². The molecule has 0 heterocycles. The van der Waals surface area contributed by atoms with Gasteiger partial charge in [0, 0.05) is 0 Å². The molecule has 0 amide bonds. The van der Waals surface area contributed by atoms with Gasteiger partial charge in [-0.05, 0) is 0 Å². The van der Waals surface area contributed by atoms with E-state index in [1.54, 1.807) is 7.11 Å². The summed E-state index contributed by atoms with van der Waals surface area (Å²) in [6.07, 6.45) is 1.38. The first-order chi connectivity index (χ1) is 2.91. The van der Waals surface area contributed by atoms with Crippen molar-refractivity contribution in [3.05, 3.63) is 20.0 Å². The molecule has 0 fully saturated rings. The van der Waals surface area contributed by atoms with Crippen LogP contribution in [0.3, 0.4) is 0 Å². The second kappa shape index (κ2) is 24.9.